The molecule has 1 amide bonds. The molecule has 7 heteroatoms. The van der Waals surface area contributed by atoms with Gasteiger partial charge in [-0.05, 0) is 31.6 Å². The third kappa shape index (κ3) is 4.85. The first-order chi connectivity index (χ1) is 12.1. The lowest BCUT2D eigenvalue weighted by Crippen LogP contribution is -2.22. The van der Waals surface area contributed by atoms with Crippen molar-refractivity contribution in [2.45, 2.75) is 52.2 Å². The lowest BCUT2D eigenvalue weighted by molar-refractivity contribution is 0.00940. The van der Waals surface area contributed by atoms with Crippen LogP contribution in [0.4, 0.5) is 0 Å². The Kier molecular flexibility index (Phi) is 5.75. The lowest BCUT2D eigenvalue weighted by atomic mass is 10.1. The molecule has 7 nitrogen and oxygen atoms in total. The number of hydrogen-bond acceptors (Lipinski definition) is 6. The quantitative estimate of drug-likeness (QED) is 0.866. The van der Waals surface area contributed by atoms with Crippen LogP contribution >= 0.6 is 0 Å². The Morgan fingerprint density at radius 3 is 2.80 bits per heavy atom. The molecule has 1 aliphatic rings. The van der Waals surface area contributed by atoms with Crippen LogP contribution in [-0.2, 0) is 17.7 Å². The monoisotopic (exact) mass is 344 g/mol. The Morgan fingerprint density at radius 1 is 1.32 bits per heavy atom. The summed E-state index contributed by atoms with van der Waals surface area (Å²) in [5, 5.41) is 6.72. The zero-order valence-electron chi connectivity index (χ0n) is 14.7. The minimum Gasteiger partial charge on any atom is -0.370 e. The third-order valence-electron chi connectivity index (χ3n) is 4.05. The van der Waals surface area contributed by atoms with Crippen molar-refractivity contribution in [2.75, 3.05) is 6.61 Å². The van der Waals surface area contributed by atoms with Gasteiger partial charge in [0.2, 0.25) is 5.76 Å². The molecule has 1 fully saturated rings. The molecule has 25 heavy (non-hydrogen) atoms. The van der Waals surface area contributed by atoms with Crippen molar-refractivity contribution in [1.82, 2.24) is 20.4 Å². The van der Waals surface area contributed by atoms with Crippen LogP contribution in [0.5, 0.6) is 0 Å². The number of carbonyl (C=O) groups is 1. The lowest BCUT2D eigenvalue weighted by Gasteiger charge is -2.21. The van der Waals surface area contributed by atoms with Gasteiger partial charge in [0.05, 0.1) is 5.69 Å². The SMILES string of the molecule is CC(C)Cc1cc(C(=O)NCc2cnc(C3CCCCO3)nc2)on1. The van der Waals surface area contributed by atoms with Crippen LogP contribution in [0.1, 0.15) is 66.9 Å². The highest BCUT2D eigenvalue weighted by Crippen LogP contribution is 2.24. The standard InChI is InChI=1S/C18H24N4O3/c1-12(2)7-14-8-16(25-22-14)18(23)21-11-13-9-19-17(20-10-13)15-5-3-4-6-24-15/h8-10,12,15H,3-7,11H2,1-2H3,(H,21,23). The summed E-state index contributed by atoms with van der Waals surface area (Å²) in [7, 11) is 0. The maximum atomic E-state index is 12.1. The Morgan fingerprint density at radius 2 is 2.12 bits per heavy atom. The highest BCUT2D eigenvalue weighted by molar-refractivity contribution is 5.91. The normalized spacial score (nSPS) is 17.6. The van der Waals surface area contributed by atoms with Crippen molar-refractivity contribution in [3.05, 3.63) is 41.3 Å². The first-order valence-corrected chi connectivity index (χ1v) is 8.78. The third-order valence-corrected chi connectivity index (χ3v) is 4.05. The second-order valence-electron chi connectivity index (χ2n) is 6.77. The topological polar surface area (TPSA) is 90.1 Å². The van der Waals surface area contributed by atoms with Crippen LogP contribution in [0, 0.1) is 5.92 Å². The number of aromatic nitrogens is 3. The molecular formula is C18H24N4O3. The molecule has 0 aromatic carbocycles. The highest BCUT2D eigenvalue weighted by Gasteiger charge is 2.18. The Labute approximate surface area is 147 Å². The summed E-state index contributed by atoms with van der Waals surface area (Å²) in [6, 6.07) is 1.69. The molecule has 3 rings (SSSR count). The van der Waals surface area contributed by atoms with Gasteiger partial charge in [0.15, 0.2) is 5.82 Å². The van der Waals surface area contributed by atoms with Crippen LogP contribution < -0.4 is 5.32 Å². The van der Waals surface area contributed by atoms with Crippen molar-refractivity contribution in [2.24, 2.45) is 5.92 Å². The Hall–Kier alpha value is -2.28. The summed E-state index contributed by atoms with van der Waals surface area (Å²) < 4.78 is 10.8. The van der Waals surface area contributed by atoms with Gasteiger partial charge >= 0.3 is 0 Å². The zero-order valence-corrected chi connectivity index (χ0v) is 14.7. The van der Waals surface area contributed by atoms with E-state index in [1.807, 2.05) is 0 Å². The molecule has 2 aromatic heterocycles. The molecule has 1 N–H and O–H groups in total. The van der Waals surface area contributed by atoms with Gasteiger partial charge in [0.25, 0.3) is 5.91 Å². The fourth-order valence-electron chi connectivity index (χ4n) is 2.77. The number of nitrogens with zero attached hydrogens (tertiary/aromatic N) is 3. The summed E-state index contributed by atoms with van der Waals surface area (Å²) in [6.45, 7) is 5.29. The molecule has 1 atom stereocenters. The van der Waals surface area contributed by atoms with E-state index >= 15 is 0 Å². The maximum absolute atomic E-state index is 12.1. The number of rotatable bonds is 6. The first-order valence-electron chi connectivity index (χ1n) is 8.78. The van der Waals surface area contributed by atoms with Crippen LogP contribution in [-0.4, -0.2) is 27.6 Å². The molecule has 2 aromatic rings. The molecule has 134 valence electrons. The van der Waals surface area contributed by atoms with E-state index in [2.05, 4.69) is 34.3 Å². The summed E-state index contributed by atoms with van der Waals surface area (Å²) in [5.74, 6) is 1.11. The number of ether oxygens (including phenoxy) is 1. The number of hydrogen-bond donors (Lipinski definition) is 1. The average molecular weight is 344 g/mol. The van der Waals surface area contributed by atoms with E-state index < -0.39 is 0 Å². The minimum absolute atomic E-state index is 0.00837. The van der Waals surface area contributed by atoms with Crippen molar-refractivity contribution in [3.8, 4) is 0 Å². The van der Waals surface area contributed by atoms with Crippen LogP contribution in [0.15, 0.2) is 23.0 Å². The smallest absolute Gasteiger partial charge is 0.290 e. The number of nitrogens with one attached hydrogen (secondary N) is 1. The summed E-state index contributed by atoms with van der Waals surface area (Å²) in [6.07, 6.45) is 7.43. The fraction of sp³-hybridized carbons (Fsp3) is 0.556. The fourth-order valence-corrected chi connectivity index (χ4v) is 2.77. The van der Waals surface area contributed by atoms with Gasteiger partial charge in [-0.3, -0.25) is 4.79 Å². The minimum atomic E-state index is -0.290. The van der Waals surface area contributed by atoms with Crippen molar-refractivity contribution in [1.29, 1.82) is 0 Å². The summed E-state index contributed by atoms with van der Waals surface area (Å²) >= 11 is 0. The van der Waals surface area contributed by atoms with Gasteiger partial charge in [0, 0.05) is 37.2 Å². The molecule has 0 radical (unpaired) electrons. The second kappa shape index (κ2) is 8.20. The van der Waals surface area contributed by atoms with Gasteiger partial charge < -0.3 is 14.6 Å². The zero-order chi connectivity index (χ0) is 17.6. The van der Waals surface area contributed by atoms with E-state index in [1.54, 1.807) is 18.5 Å². The predicted octanol–water partition coefficient (Wildman–Crippen LogP) is 2.83. The van der Waals surface area contributed by atoms with E-state index in [0.717, 1.165) is 43.5 Å². The Balaban J connectivity index is 1.52. The average Bonchev–Trinajstić information content (AvgIpc) is 3.09. The summed E-state index contributed by atoms with van der Waals surface area (Å²) in [5.41, 5.74) is 1.62. The van der Waals surface area contributed by atoms with Gasteiger partial charge in [-0.25, -0.2) is 9.97 Å². The van der Waals surface area contributed by atoms with E-state index in [4.69, 9.17) is 9.26 Å². The highest BCUT2D eigenvalue weighted by atomic mass is 16.5. The number of carbonyl (C=O) groups excluding carboxylic acids is 1. The predicted molar refractivity (Wildman–Crippen MR) is 90.8 cm³/mol. The Bertz CT molecular complexity index is 691. The maximum Gasteiger partial charge on any atom is 0.290 e. The first kappa shape index (κ1) is 17.5. The van der Waals surface area contributed by atoms with Crippen LogP contribution in [0.2, 0.25) is 0 Å². The van der Waals surface area contributed by atoms with Crippen LogP contribution in [0.25, 0.3) is 0 Å². The van der Waals surface area contributed by atoms with Gasteiger partial charge in [-0.1, -0.05) is 19.0 Å². The van der Waals surface area contributed by atoms with E-state index in [-0.39, 0.29) is 17.8 Å². The molecule has 3 heterocycles. The molecule has 1 unspecified atom stereocenters. The second-order valence-corrected chi connectivity index (χ2v) is 6.77. The molecule has 0 spiro atoms. The van der Waals surface area contributed by atoms with Gasteiger partial charge in [0.1, 0.15) is 6.10 Å². The molecule has 1 saturated heterocycles. The van der Waals surface area contributed by atoms with Crippen molar-refractivity contribution in [3.63, 3.8) is 0 Å². The molecule has 1 aliphatic heterocycles. The van der Waals surface area contributed by atoms with Crippen molar-refractivity contribution < 1.29 is 14.1 Å². The molecule has 0 bridgehead atoms. The van der Waals surface area contributed by atoms with Gasteiger partial charge in [-0.15, -0.1) is 0 Å². The van der Waals surface area contributed by atoms with E-state index in [9.17, 15) is 4.79 Å². The molecule has 0 saturated carbocycles. The van der Waals surface area contributed by atoms with Crippen LogP contribution in [0.3, 0.4) is 0 Å². The number of amides is 1. The van der Waals surface area contributed by atoms with E-state index in [0.29, 0.717) is 18.3 Å². The summed E-state index contributed by atoms with van der Waals surface area (Å²) in [4.78, 5) is 20.9. The van der Waals surface area contributed by atoms with Crippen molar-refractivity contribution >= 4 is 5.91 Å². The van der Waals surface area contributed by atoms with Gasteiger partial charge in [-0.2, -0.15) is 0 Å². The molecular weight excluding hydrogens is 320 g/mol. The molecule has 0 aliphatic carbocycles. The largest absolute Gasteiger partial charge is 0.370 e. The van der Waals surface area contributed by atoms with E-state index in [1.165, 1.54) is 0 Å².